The van der Waals surface area contributed by atoms with Crippen LogP contribution in [0.25, 0.3) is 11.3 Å². The molecule has 1 heterocycles. The standard InChI is InChI=1S/C17H20N2O4S/c1-12(2)11-24(21,22)19-17(20)13-7-8-16(23-3)14(10-13)15-6-4-5-9-18-15/h4-10,12H,11H2,1-3H3,(H,19,20). The van der Waals surface area contributed by atoms with Crippen molar-refractivity contribution >= 4 is 15.9 Å². The van der Waals surface area contributed by atoms with E-state index in [1.165, 1.54) is 13.2 Å². The normalized spacial score (nSPS) is 11.3. The van der Waals surface area contributed by atoms with Crippen molar-refractivity contribution in [1.82, 2.24) is 9.71 Å². The number of amides is 1. The molecule has 0 fully saturated rings. The van der Waals surface area contributed by atoms with E-state index in [0.717, 1.165) is 0 Å². The van der Waals surface area contributed by atoms with Crippen LogP contribution in [-0.4, -0.2) is 32.2 Å². The number of benzene rings is 1. The van der Waals surface area contributed by atoms with Crippen LogP contribution in [0.5, 0.6) is 5.75 Å². The van der Waals surface area contributed by atoms with Gasteiger partial charge in [0, 0.05) is 17.3 Å². The topological polar surface area (TPSA) is 85.4 Å². The monoisotopic (exact) mass is 348 g/mol. The number of ether oxygens (including phenoxy) is 1. The zero-order valence-electron chi connectivity index (χ0n) is 13.8. The van der Waals surface area contributed by atoms with E-state index in [2.05, 4.69) is 9.71 Å². The molecule has 0 radical (unpaired) electrons. The molecule has 1 amide bonds. The fourth-order valence-electron chi connectivity index (χ4n) is 2.25. The fourth-order valence-corrected chi connectivity index (χ4v) is 3.61. The molecule has 1 N–H and O–H groups in total. The molecule has 7 heteroatoms. The molecule has 1 aromatic carbocycles. The number of aromatic nitrogens is 1. The quantitative estimate of drug-likeness (QED) is 0.867. The largest absolute Gasteiger partial charge is 0.496 e. The molecule has 0 saturated heterocycles. The molecule has 0 spiro atoms. The predicted molar refractivity (Wildman–Crippen MR) is 92.3 cm³/mol. The van der Waals surface area contributed by atoms with E-state index in [4.69, 9.17) is 4.74 Å². The van der Waals surface area contributed by atoms with Gasteiger partial charge in [-0.05, 0) is 36.2 Å². The van der Waals surface area contributed by atoms with E-state index in [0.29, 0.717) is 17.0 Å². The molecule has 0 aliphatic rings. The van der Waals surface area contributed by atoms with Crippen molar-refractivity contribution in [3.05, 3.63) is 48.2 Å². The molecule has 6 nitrogen and oxygen atoms in total. The van der Waals surface area contributed by atoms with Gasteiger partial charge >= 0.3 is 0 Å². The Kier molecular flexibility index (Phi) is 5.56. The number of nitrogens with one attached hydrogen (secondary N) is 1. The van der Waals surface area contributed by atoms with Crippen LogP contribution >= 0.6 is 0 Å². The number of rotatable bonds is 6. The first-order chi connectivity index (χ1) is 11.3. The Labute approximate surface area is 141 Å². The average Bonchev–Trinajstić information content (AvgIpc) is 2.53. The van der Waals surface area contributed by atoms with Gasteiger partial charge in [0.25, 0.3) is 5.91 Å². The maximum atomic E-state index is 12.3. The molecule has 0 unspecified atom stereocenters. The van der Waals surface area contributed by atoms with Crippen LogP contribution in [-0.2, 0) is 10.0 Å². The second-order valence-corrected chi connectivity index (χ2v) is 7.50. The van der Waals surface area contributed by atoms with Gasteiger partial charge in [0.1, 0.15) is 5.75 Å². The average molecular weight is 348 g/mol. The van der Waals surface area contributed by atoms with Gasteiger partial charge < -0.3 is 4.74 Å². The van der Waals surface area contributed by atoms with Crippen molar-refractivity contribution in [3.63, 3.8) is 0 Å². The van der Waals surface area contributed by atoms with Gasteiger partial charge in [0.15, 0.2) is 0 Å². The van der Waals surface area contributed by atoms with Crippen molar-refractivity contribution in [2.24, 2.45) is 5.92 Å². The zero-order valence-corrected chi connectivity index (χ0v) is 14.6. The lowest BCUT2D eigenvalue weighted by molar-refractivity contribution is 0.0981. The molecule has 0 aliphatic heterocycles. The fraction of sp³-hybridized carbons (Fsp3) is 0.294. The predicted octanol–water partition coefficient (Wildman–Crippen LogP) is 2.47. The number of methoxy groups -OCH3 is 1. The number of carbonyl (C=O) groups is 1. The maximum Gasteiger partial charge on any atom is 0.264 e. The number of sulfonamides is 1. The molecule has 128 valence electrons. The van der Waals surface area contributed by atoms with Crippen molar-refractivity contribution in [3.8, 4) is 17.0 Å². The molecule has 2 aromatic rings. The van der Waals surface area contributed by atoms with Crippen LogP contribution in [0.1, 0.15) is 24.2 Å². The second kappa shape index (κ2) is 7.44. The van der Waals surface area contributed by atoms with Gasteiger partial charge in [-0.2, -0.15) is 0 Å². The number of hydrogen-bond acceptors (Lipinski definition) is 5. The zero-order chi connectivity index (χ0) is 17.7. The third-order valence-electron chi connectivity index (χ3n) is 3.20. The number of nitrogens with zero attached hydrogens (tertiary/aromatic N) is 1. The van der Waals surface area contributed by atoms with Crippen LogP contribution in [0.15, 0.2) is 42.6 Å². The number of carbonyl (C=O) groups excluding carboxylic acids is 1. The van der Waals surface area contributed by atoms with Gasteiger partial charge in [-0.15, -0.1) is 0 Å². The highest BCUT2D eigenvalue weighted by Gasteiger charge is 2.19. The van der Waals surface area contributed by atoms with E-state index in [9.17, 15) is 13.2 Å². The van der Waals surface area contributed by atoms with Gasteiger partial charge in [0.05, 0.1) is 18.6 Å². The Bertz CT molecular complexity index is 818. The molecule has 24 heavy (non-hydrogen) atoms. The van der Waals surface area contributed by atoms with Crippen molar-refractivity contribution in [2.75, 3.05) is 12.9 Å². The van der Waals surface area contributed by atoms with Crippen LogP contribution in [0.2, 0.25) is 0 Å². The Hall–Kier alpha value is -2.41. The van der Waals surface area contributed by atoms with Crippen LogP contribution < -0.4 is 9.46 Å². The summed E-state index contributed by atoms with van der Waals surface area (Å²) in [6, 6.07) is 10.1. The maximum absolute atomic E-state index is 12.3. The lowest BCUT2D eigenvalue weighted by Crippen LogP contribution is -2.34. The van der Waals surface area contributed by atoms with Gasteiger partial charge in [0.2, 0.25) is 10.0 Å². The van der Waals surface area contributed by atoms with Crippen LogP contribution in [0, 0.1) is 5.92 Å². The Morgan fingerprint density at radius 2 is 2.00 bits per heavy atom. The molecule has 0 bridgehead atoms. The Balaban J connectivity index is 2.34. The minimum Gasteiger partial charge on any atom is -0.496 e. The lowest BCUT2D eigenvalue weighted by Gasteiger charge is -2.12. The van der Waals surface area contributed by atoms with E-state index in [1.54, 1.807) is 44.3 Å². The van der Waals surface area contributed by atoms with E-state index in [1.807, 2.05) is 6.07 Å². The third kappa shape index (κ3) is 4.55. The first-order valence-corrected chi connectivity index (χ1v) is 9.12. The number of pyridine rings is 1. The number of hydrogen-bond donors (Lipinski definition) is 1. The second-order valence-electron chi connectivity index (χ2n) is 5.74. The summed E-state index contributed by atoms with van der Waals surface area (Å²) in [5, 5.41) is 0. The van der Waals surface area contributed by atoms with Crippen molar-refractivity contribution < 1.29 is 17.9 Å². The highest BCUT2D eigenvalue weighted by atomic mass is 32.2. The molecule has 0 atom stereocenters. The molecular weight excluding hydrogens is 328 g/mol. The molecular formula is C17H20N2O4S. The molecule has 0 aliphatic carbocycles. The highest BCUT2D eigenvalue weighted by Crippen LogP contribution is 2.29. The van der Waals surface area contributed by atoms with E-state index >= 15 is 0 Å². The summed E-state index contributed by atoms with van der Waals surface area (Å²) < 4.78 is 31.3. The van der Waals surface area contributed by atoms with E-state index in [-0.39, 0.29) is 17.2 Å². The third-order valence-corrected chi connectivity index (χ3v) is 4.81. The van der Waals surface area contributed by atoms with Gasteiger partial charge in [-0.1, -0.05) is 19.9 Å². The Morgan fingerprint density at radius 1 is 1.25 bits per heavy atom. The Morgan fingerprint density at radius 3 is 2.58 bits per heavy atom. The summed E-state index contributed by atoms with van der Waals surface area (Å²) in [5.41, 5.74) is 1.48. The first-order valence-electron chi connectivity index (χ1n) is 7.46. The summed E-state index contributed by atoms with van der Waals surface area (Å²) in [6.45, 7) is 3.55. The van der Waals surface area contributed by atoms with Crippen LogP contribution in [0.3, 0.4) is 0 Å². The van der Waals surface area contributed by atoms with Crippen molar-refractivity contribution in [1.29, 1.82) is 0 Å². The van der Waals surface area contributed by atoms with Gasteiger partial charge in [-0.25, -0.2) is 13.1 Å². The molecule has 2 rings (SSSR count). The van der Waals surface area contributed by atoms with E-state index < -0.39 is 15.9 Å². The summed E-state index contributed by atoms with van der Waals surface area (Å²) in [4.78, 5) is 16.5. The first kappa shape index (κ1) is 17.9. The summed E-state index contributed by atoms with van der Waals surface area (Å²) >= 11 is 0. The smallest absolute Gasteiger partial charge is 0.264 e. The SMILES string of the molecule is COc1ccc(C(=O)NS(=O)(=O)CC(C)C)cc1-c1ccccn1. The lowest BCUT2D eigenvalue weighted by atomic mass is 10.1. The summed E-state index contributed by atoms with van der Waals surface area (Å²) in [5.74, 6) is -0.303. The van der Waals surface area contributed by atoms with Crippen molar-refractivity contribution in [2.45, 2.75) is 13.8 Å². The molecule has 0 saturated carbocycles. The summed E-state index contributed by atoms with van der Waals surface area (Å²) in [7, 11) is -2.15. The van der Waals surface area contributed by atoms with Crippen LogP contribution in [0.4, 0.5) is 0 Å². The highest BCUT2D eigenvalue weighted by molar-refractivity contribution is 7.90. The minimum absolute atomic E-state index is 0.0738. The minimum atomic E-state index is -3.67. The summed E-state index contributed by atoms with van der Waals surface area (Å²) in [6.07, 6.45) is 1.63. The molecule has 1 aromatic heterocycles. The van der Waals surface area contributed by atoms with Gasteiger partial charge in [-0.3, -0.25) is 9.78 Å².